The molecule has 1 aromatic heterocycles. The predicted octanol–water partition coefficient (Wildman–Crippen LogP) is 2.80. The zero-order valence-electron chi connectivity index (χ0n) is 10.9. The summed E-state index contributed by atoms with van der Waals surface area (Å²) < 4.78 is 2.64. The van der Waals surface area contributed by atoms with Crippen molar-refractivity contribution in [1.82, 2.24) is 15.0 Å². The minimum Gasteiger partial charge on any atom is -0.220 e. The molecule has 0 aliphatic rings. The van der Waals surface area contributed by atoms with E-state index in [4.69, 9.17) is 7.85 Å². The number of benzene rings is 2. The van der Waals surface area contributed by atoms with Gasteiger partial charge in [-0.15, -0.1) is 5.10 Å². The highest BCUT2D eigenvalue weighted by Crippen LogP contribution is 2.19. The van der Waals surface area contributed by atoms with Gasteiger partial charge in [-0.3, -0.25) is 0 Å². The molecule has 3 nitrogen and oxygen atoms in total. The van der Waals surface area contributed by atoms with Gasteiger partial charge < -0.3 is 0 Å². The third-order valence-corrected chi connectivity index (χ3v) is 3.47. The summed E-state index contributed by atoms with van der Waals surface area (Å²) in [5, 5.41) is 8.37. The molecule has 0 bridgehead atoms. The Morgan fingerprint density at radius 1 is 1.10 bits per heavy atom. The van der Waals surface area contributed by atoms with Crippen LogP contribution in [0.25, 0.3) is 16.9 Å². The Balaban J connectivity index is 1.99. The van der Waals surface area contributed by atoms with Crippen molar-refractivity contribution in [3.63, 3.8) is 0 Å². The third kappa shape index (κ3) is 2.68. The molecule has 3 rings (SSSR count). The lowest BCUT2D eigenvalue weighted by molar-refractivity contribution is 0.804. The molecule has 0 aliphatic heterocycles. The second kappa shape index (κ2) is 5.25. The van der Waals surface area contributed by atoms with E-state index in [1.807, 2.05) is 36.5 Å². The zero-order chi connectivity index (χ0) is 14.1. The lowest BCUT2D eigenvalue weighted by Crippen LogP contribution is -2.05. The van der Waals surface area contributed by atoms with E-state index in [0.29, 0.717) is 5.46 Å². The number of aryl methyl sites for hydroxylation is 1. The topological polar surface area (TPSA) is 30.7 Å². The molecular weight excluding hydrogens is 313 g/mol. The van der Waals surface area contributed by atoms with Crippen LogP contribution in [0.3, 0.4) is 0 Å². The van der Waals surface area contributed by atoms with E-state index in [9.17, 15) is 0 Å². The van der Waals surface area contributed by atoms with Gasteiger partial charge in [0.05, 0.1) is 11.9 Å². The number of halogens is 1. The number of hydrogen-bond donors (Lipinski definition) is 0. The Morgan fingerprint density at radius 3 is 2.55 bits per heavy atom. The van der Waals surface area contributed by atoms with Gasteiger partial charge in [-0.2, -0.15) is 0 Å². The van der Waals surface area contributed by atoms with E-state index in [1.54, 1.807) is 4.68 Å². The summed E-state index contributed by atoms with van der Waals surface area (Å²) in [5.74, 6) is 0. The van der Waals surface area contributed by atoms with Crippen LogP contribution in [0.1, 0.15) is 5.56 Å². The Bertz CT molecular complexity index is 730. The summed E-state index contributed by atoms with van der Waals surface area (Å²) in [4.78, 5) is 0. The van der Waals surface area contributed by atoms with Crippen LogP contribution in [0.15, 0.2) is 53.1 Å². The Kier molecular flexibility index (Phi) is 3.44. The second-order valence-electron chi connectivity index (χ2n) is 4.66. The van der Waals surface area contributed by atoms with E-state index in [-0.39, 0.29) is 0 Å². The van der Waals surface area contributed by atoms with E-state index in [1.165, 1.54) is 5.56 Å². The average molecular weight is 324 g/mol. The first kappa shape index (κ1) is 13.1. The molecule has 0 saturated heterocycles. The second-order valence-corrected chi connectivity index (χ2v) is 5.57. The fourth-order valence-electron chi connectivity index (χ4n) is 1.98. The largest absolute Gasteiger partial charge is 0.220 e. The first-order valence-corrected chi connectivity index (χ1v) is 6.97. The van der Waals surface area contributed by atoms with Gasteiger partial charge >= 0.3 is 0 Å². The first-order chi connectivity index (χ1) is 9.61. The van der Waals surface area contributed by atoms with Gasteiger partial charge in [-0.25, -0.2) is 4.68 Å². The van der Waals surface area contributed by atoms with Crippen molar-refractivity contribution in [3.05, 3.63) is 58.7 Å². The standard InChI is InChI=1S/C15H11BBrN3/c1-10-2-4-11(5-3-10)15-9-20(19-18-15)14-7-12(16)6-13(17)8-14/h2-9H,1H3. The van der Waals surface area contributed by atoms with Gasteiger partial charge in [-0.1, -0.05) is 62.5 Å². The highest BCUT2D eigenvalue weighted by molar-refractivity contribution is 9.10. The molecular formula is C15H11BBrN3. The lowest BCUT2D eigenvalue weighted by Gasteiger charge is -2.03. The van der Waals surface area contributed by atoms with Gasteiger partial charge in [0, 0.05) is 10.0 Å². The van der Waals surface area contributed by atoms with Crippen LogP contribution in [-0.2, 0) is 0 Å². The number of nitrogens with zero attached hydrogens (tertiary/aromatic N) is 3. The number of rotatable bonds is 2. The van der Waals surface area contributed by atoms with Crippen molar-refractivity contribution >= 4 is 29.2 Å². The Morgan fingerprint density at radius 2 is 1.85 bits per heavy atom. The summed E-state index contributed by atoms with van der Waals surface area (Å²) >= 11 is 3.43. The summed E-state index contributed by atoms with van der Waals surface area (Å²) in [7, 11) is 5.84. The molecule has 0 amide bonds. The monoisotopic (exact) mass is 323 g/mol. The van der Waals surface area contributed by atoms with Crippen molar-refractivity contribution in [3.8, 4) is 16.9 Å². The van der Waals surface area contributed by atoms with Crippen LogP contribution in [0.5, 0.6) is 0 Å². The van der Waals surface area contributed by atoms with E-state index in [0.717, 1.165) is 21.4 Å². The van der Waals surface area contributed by atoms with Crippen molar-refractivity contribution in [1.29, 1.82) is 0 Å². The fraction of sp³-hybridized carbons (Fsp3) is 0.0667. The van der Waals surface area contributed by atoms with Crippen LogP contribution in [0, 0.1) is 6.92 Å². The highest BCUT2D eigenvalue weighted by atomic mass is 79.9. The molecule has 0 N–H and O–H groups in total. The maximum Gasteiger partial charge on any atom is 0.113 e. The normalized spacial score (nSPS) is 10.7. The van der Waals surface area contributed by atoms with E-state index >= 15 is 0 Å². The maximum absolute atomic E-state index is 5.84. The number of hydrogen-bond acceptors (Lipinski definition) is 2. The molecule has 0 unspecified atom stereocenters. The van der Waals surface area contributed by atoms with Crippen LogP contribution >= 0.6 is 15.9 Å². The summed E-state index contributed by atoms with van der Waals surface area (Å²) in [6.45, 7) is 2.06. The average Bonchev–Trinajstić information content (AvgIpc) is 2.88. The Labute approximate surface area is 127 Å². The van der Waals surface area contributed by atoms with E-state index in [2.05, 4.69) is 45.3 Å². The molecule has 2 radical (unpaired) electrons. The summed E-state index contributed by atoms with van der Waals surface area (Å²) in [6.07, 6.45) is 1.89. The molecule has 0 saturated carbocycles. The summed E-state index contributed by atoms with van der Waals surface area (Å²) in [5.41, 5.74) is 4.67. The molecule has 3 aromatic rings. The molecule has 2 aromatic carbocycles. The zero-order valence-corrected chi connectivity index (χ0v) is 12.5. The smallest absolute Gasteiger partial charge is 0.113 e. The van der Waals surface area contributed by atoms with Gasteiger partial charge in [0.25, 0.3) is 0 Å². The molecule has 20 heavy (non-hydrogen) atoms. The third-order valence-electron chi connectivity index (χ3n) is 3.01. The quantitative estimate of drug-likeness (QED) is 0.679. The molecule has 5 heteroatoms. The fourth-order valence-corrected chi connectivity index (χ4v) is 2.47. The van der Waals surface area contributed by atoms with Crippen molar-refractivity contribution in [2.24, 2.45) is 0 Å². The van der Waals surface area contributed by atoms with Gasteiger partial charge in [-0.05, 0) is 19.1 Å². The maximum atomic E-state index is 5.84. The van der Waals surface area contributed by atoms with Crippen molar-refractivity contribution in [2.75, 3.05) is 0 Å². The van der Waals surface area contributed by atoms with Crippen LogP contribution in [0.4, 0.5) is 0 Å². The molecule has 0 aliphatic carbocycles. The van der Waals surface area contributed by atoms with Crippen molar-refractivity contribution in [2.45, 2.75) is 6.92 Å². The Hall–Kier alpha value is -1.88. The minimum absolute atomic E-state index is 0.682. The molecule has 1 heterocycles. The van der Waals surface area contributed by atoms with Crippen molar-refractivity contribution < 1.29 is 0 Å². The minimum atomic E-state index is 0.682. The van der Waals surface area contributed by atoms with Crippen LogP contribution in [-0.4, -0.2) is 22.8 Å². The molecule has 0 atom stereocenters. The van der Waals surface area contributed by atoms with Crippen LogP contribution in [0.2, 0.25) is 0 Å². The van der Waals surface area contributed by atoms with Gasteiger partial charge in [0.2, 0.25) is 0 Å². The lowest BCUT2D eigenvalue weighted by atomic mass is 9.96. The highest BCUT2D eigenvalue weighted by Gasteiger charge is 2.06. The van der Waals surface area contributed by atoms with Gasteiger partial charge in [0.15, 0.2) is 0 Å². The number of aromatic nitrogens is 3. The van der Waals surface area contributed by atoms with Gasteiger partial charge in [0.1, 0.15) is 13.5 Å². The van der Waals surface area contributed by atoms with Crippen LogP contribution < -0.4 is 5.46 Å². The molecule has 0 spiro atoms. The molecule has 0 fully saturated rings. The molecule has 96 valence electrons. The SMILES string of the molecule is [B]c1cc(Br)cc(-n2cc(-c3ccc(C)cc3)nn2)c1. The predicted molar refractivity (Wildman–Crippen MR) is 84.6 cm³/mol. The summed E-state index contributed by atoms with van der Waals surface area (Å²) in [6, 6.07) is 13.9. The van der Waals surface area contributed by atoms with E-state index < -0.39 is 0 Å². The first-order valence-electron chi connectivity index (χ1n) is 6.18.